The minimum absolute atomic E-state index is 0.0825. The van der Waals surface area contributed by atoms with Gasteiger partial charge in [0.2, 0.25) is 0 Å². The summed E-state index contributed by atoms with van der Waals surface area (Å²) in [5.74, 6) is 24.8. The Hall–Kier alpha value is -9.43. The fourth-order valence-electron chi connectivity index (χ4n) is 8.83. The van der Waals surface area contributed by atoms with Gasteiger partial charge in [0, 0.05) is 84.7 Å². The molecule has 10 rings (SSSR count). The second kappa shape index (κ2) is 28.4. The summed E-state index contributed by atoms with van der Waals surface area (Å²) in [6, 6.07) is 67.1. The summed E-state index contributed by atoms with van der Waals surface area (Å²) in [5, 5.41) is 0. The van der Waals surface area contributed by atoms with Gasteiger partial charge in [-0.3, -0.25) is 0 Å². The average molecular weight is 1380 g/mol. The first-order valence-corrected chi connectivity index (χ1v) is 30.1. The average Bonchev–Trinajstić information content (AvgIpc) is 1.54. The third kappa shape index (κ3) is 15.7. The molecular weight excluding hydrogens is 1330 g/mol. The van der Waals surface area contributed by atoms with Gasteiger partial charge in [-0.15, -0.1) is 0 Å². The van der Waals surface area contributed by atoms with Crippen molar-refractivity contribution in [2.45, 2.75) is 13.8 Å². The molecule has 11 heteroatoms. The number of hydrogen-bond acceptors (Lipinski definition) is 7. The normalized spacial score (nSPS) is 10.3. The van der Waals surface area contributed by atoms with Crippen molar-refractivity contribution in [2.75, 3.05) is 13.2 Å². The number of hydrogen-bond donors (Lipinski definition) is 0. The maximum atomic E-state index is 15.2. The molecule has 0 heterocycles. The molecule has 0 aliphatic heterocycles. The smallest absolute Gasteiger partial charge is 0.462 e. The van der Waals surface area contributed by atoms with E-state index in [-0.39, 0.29) is 35.8 Å². The van der Waals surface area contributed by atoms with Crippen molar-refractivity contribution in [3.8, 4) is 103 Å². The SMILES string of the molecule is CCOC(=O)c1cc(-c2ccc(C#Cc3ccc(Br)cc3)cc2)c(OC(=O)Oc2c(-c3ccc(C#Cc4ccc(Br)cc4)cc3)cc(C(=O)OCC)cc2-c2ccc(C#Cc3ccc(Br)cc3)cc2)c(-c2ccc(C#Cc3ccc(Br)cc3)cc2)c1. The van der Waals surface area contributed by atoms with Crippen molar-refractivity contribution < 1.29 is 33.3 Å². The minimum Gasteiger partial charge on any atom is -0.462 e. The van der Waals surface area contributed by atoms with E-state index in [4.69, 9.17) is 18.9 Å². The molecule has 0 aliphatic carbocycles. The summed E-state index contributed by atoms with van der Waals surface area (Å²) in [7, 11) is 0. The molecule has 0 aliphatic rings. The zero-order chi connectivity index (χ0) is 59.9. The van der Waals surface area contributed by atoms with Gasteiger partial charge in [-0.25, -0.2) is 14.4 Å². The first-order valence-electron chi connectivity index (χ1n) is 27.0. The molecule has 416 valence electrons. The number of ether oxygens (including phenoxy) is 4. The highest BCUT2D eigenvalue weighted by molar-refractivity contribution is 9.11. The van der Waals surface area contributed by atoms with Gasteiger partial charge in [0.25, 0.3) is 0 Å². The van der Waals surface area contributed by atoms with Crippen LogP contribution in [-0.4, -0.2) is 31.3 Å². The van der Waals surface area contributed by atoms with Crippen LogP contribution in [0.4, 0.5) is 4.79 Å². The highest BCUT2D eigenvalue weighted by Gasteiger charge is 2.26. The third-order valence-corrected chi connectivity index (χ3v) is 15.3. The van der Waals surface area contributed by atoms with E-state index in [1.54, 1.807) is 38.1 Å². The molecule has 10 aromatic carbocycles. The van der Waals surface area contributed by atoms with Gasteiger partial charge >= 0.3 is 18.1 Å². The van der Waals surface area contributed by atoms with E-state index in [1.165, 1.54) is 0 Å². The molecule has 0 aromatic heterocycles. The van der Waals surface area contributed by atoms with Crippen LogP contribution in [0, 0.1) is 47.4 Å². The van der Waals surface area contributed by atoms with Crippen molar-refractivity contribution in [3.05, 3.63) is 292 Å². The van der Waals surface area contributed by atoms with Crippen molar-refractivity contribution in [3.63, 3.8) is 0 Å². The number of carbonyl (C=O) groups excluding carboxylic acids is 3. The fraction of sp³-hybridized carbons (Fsp3) is 0.0533. The zero-order valence-corrected chi connectivity index (χ0v) is 52.4. The molecule has 0 saturated heterocycles. The van der Waals surface area contributed by atoms with Gasteiger partial charge in [0.05, 0.1) is 24.3 Å². The summed E-state index contributed by atoms with van der Waals surface area (Å²) in [5.41, 5.74) is 10.6. The van der Waals surface area contributed by atoms with E-state index in [9.17, 15) is 9.59 Å². The fourth-order valence-corrected chi connectivity index (χ4v) is 9.89. The zero-order valence-electron chi connectivity index (χ0n) is 46.1. The molecule has 0 amide bonds. The van der Waals surface area contributed by atoms with Crippen LogP contribution in [-0.2, 0) is 9.47 Å². The molecule has 86 heavy (non-hydrogen) atoms. The van der Waals surface area contributed by atoms with E-state index in [1.807, 2.05) is 194 Å². The van der Waals surface area contributed by atoms with Gasteiger partial charge in [-0.05, 0) is 206 Å². The highest BCUT2D eigenvalue weighted by atomic mass is 79.9. The van der Waals surface area contributed by atoms with Crippen LogP contribution in [0.1, 0.15) is 79.1 Å². The number of rotatable bonds is 10. The van der Waals surface area contributed by atoms with E-state index < -0.39 is 18.1 Å². The lowest BCUT2D eigenvalue weighted by Crippen LogP contribution is -2.17. The number of halogens is 4. The van der Waals surface area contributed by atoms with E-state index >= 15 is 4.79 Å². The minimum atomic E-state index is -1.12. The Balaban J connectivity index is 1.11. The molecular formula is C75H46Br4O7. The quantitative estimate of drug-likeness (QED) is 0.0766. The summed E-state index contributed by atoms with van der Waals surface area (Å²) in [4.78, 5) is 42.9. The Morgan fingerprint density at radius 1 is 0.302 bits per heavy atom. The van der Waals surface area contributed by atoms with E-state index in [2.05, 4.69) is 111 Å². The number of esters is 2. The van der Waals surface area contributed by atoms with Crippen molar-refractivity contribution in [1.82, 2.24) is 0 Å². The Kier molecular flexibility index (Phi) is 19.7. The third-order valence-electron chi connectivity index (χ3n) is 13.1. The second-order valence-electron chi connectivity index (χ2n) is 19.0. The molecule has 0 unspecified atom stereocenters. The number of carbonyl (C=O) groups is 3. The predicted molar refractivity (Wildman–Crippen MR) is 354 cm³/mol. The van der Waals surface area contributed by atoms with Gasteiger partial charge < -0.3 is 18.9 Å². The summed E-state index contributed by atoms with van der Waals surface area (Å²) in [6.07, 6.45) is -1.12. The molecule has 0 N–H and O–H groups in total. The largest absolute Gasteiger partial charge is 0.519 e. The first kappa shape index (κ1) is 59.7. The van der Waals surface area contributed by atoms with E-state index in [0.717, 1.165) is 62.4 Å². The summed E-state index contributed by atoms with van der Waals surface area (Å²) in [6.45, 7) is 3.71. The Bertz CT molecular complexity index is 3870. The Morgan fingerprint density at radius 3 is 0.674 bits per heavy atom. The standard InChI is InChI=1S/C75H46Br4O7/c1-3-83-73(80)61-45-67(57-29-13-49(14-30-57)5-9-53-21-37-63(76)38-22-53)71(68(46-61)58-31-15-50(16-32-58)6-10-54-23-39-64(77)40-24-54)85-75(82)86-72-69(59-33-17-51(18-34-59)7-11-55-25-41-65(78)42-26-55)47-62(74(81)84-4-2)48-70(72)60-35-19-52(20-36-60)8-12-56-27-43-66(79)44-28-56/h13-48H,3-4H2,1-2H3. The molecule has 7 nitrogen and oxygen atoms in total. The first-order chi connectivity index (χ1) is 41.8. The van der Waals surface area contributed by atoms with Crippen LogP contribution < -0.4 is 9.47 Å². The van der Waals surface area contributed by atoms with Crippen LogP contribution in [0.25, 0.3) is 44.5 Å². The maximum absolute atomic E-state index is 15.2. The predicted octanol–water partition coefficient (Wildman–Crippen LogP) is 18.9. The molecule has 10 aromatic rings. The molecule has 0 radical (unpaired) electrons. The highest BCUT2D eigenvalue weighted by Crippen LogP contribution is 2.44. The topological polar surface area (TPSA) is 88.1 Å². The van der Waals surface area contributed by atoms with E-state index in [0.29, 0.717) is 44.5 Å². The van der Waals surface area contributed by atoms with Crippen LogP contribution in [0.3, 0.4) is 0 Å². The van der Waals surface area contributed by atoms with Crippen LogP contribution >= 0.6 is 63.7 Å². The van der Waals surface area contributed by atoms with Gasteiger partial charge in [0.15, 0.2) is 0 Å². The molecule has 0 fully saturated rings. The maximum Gasteiger partial charge on any atom is 0.519 e. The molecule has 0 spiro atoms. The summed E-state index contributed by atoms with van der Waals surface area (Å²) >= 11 is 13.9. The summed E-state index contributed by atoms with van der Waals surface area (Å²) < 4.78 is 28.1. The lowest BCUT2D eigenvalue weighted by Gasteiger charge is -2.20. The van der Waals surface area contributed by atoms with Crippen LogP contribution in [0.5, 0.6) is 11.5 Å². The Morgan fingerprint density at radius 2 is 0.488 bits per heavy atom. The molecule has 0 saturated carbocycles. The Labute approximate surface area is 533 Å². The molecule has 0 bridgehead atoms. The van der Waals surface area contributed by atoms with Crippen molar-refractivity contribution in [1.29, 1.82) is 0 Å². The lowest BCUT2D eigenvalue weighted by molar-refractivity contribution is 0.0517. The number of benzene rings is 10. The monoisotopic (exact) mass is 1370 g/mol. The van der Waals surface area contributed by atoms with Gasteiger partial charge in [0.1, 0.15) is 11.5 Å². The van der Waals surface area contributed by atoms with Gasteiger partial charge in [-0.1, -0.05) is 160 Å². The van der Waals surface area contributed by atoms with Crippen molar-refractivity contribution >= 4 is 81.8 Å². The lowest BCUT2D eigenvalue weighted by atomic mass is 9.93. The van der Waals surface area contributed by atoms with Crippen molar-refractivity contribution in [2.24, 2.45) is 0 Å². The van der Waals surface area contributed by atoms with Gasteiger partial charge in [-0.2, -0.15) is 0 Å². The second-order valence-corrected chi connectivity index (χ2v) is 22.7. The molecule has 0 atom stereocenters. The van der Waals surface area contributed by atoms with Crippen LogP contribution in [0.2, 0.25) is 0 Å². The van der Waals surface area contributed by atoms with Crippen LogP contribution in [0.15, 0.2) is 236 Å².